The highest BCUT2D eigenvalue weighted by molar-refractivity contribution is 5.94. The Labute approximate surface area is 185 Å². The van der Waals surface area contributed by atoms with Gasteiger partial charge in [-0.05, 0) is 50.2 Å². The molecule has 0 radical (unpaired) electrons. The summed E-state index contributed by atoms with van der Waals surface area (Å²) in [7, 11) is 1.72. The highest BCUT2D eigenvalue weighted by atomic mass is 16.5. The van der Waals surface area contributed by atoms with Gasteiger partial charge >= 0.3 is 0 Å². The molecule has 31 heavy (non-hydrogen) atoms. The first-order chi connectivity index (χ1) is 15.1. The van der Waals surface area contributed by atoms with E-state index < -0.39 is 0 Å². The van der Waals surface area contributed by atoms with Crippen molar-refractivity contribution in [3.63, 3.8) is 0 Å². The average Bonchev–Trinajstić information content (AvgIpc) is 2.84. The third-order valence-corrected chi connectivity index (χ3v) is 6.39. The summed E-state index contributed by atoms with van der Waals surface area (Å²) in [5.41, 5.74) is 0.629. The number of nitrogens with one attached hydrogen (secondary N) is 1. The van der Waals surface area contributed by atoms with Gasteiger partial charge in [-0.3, -0.25) is 14.4 Å². The lowest BCUT2D eigenvalue weighted by Crippen LogP contribution is -2.43. The van der Waals surface area contributed by atoms with Crippen molar-refractivity contribution in [2.45, 2.75) is 38.5 Å². The number of piperidine rings is 1. The predicted octanol–water partition coefficient (Wildman–Crippen LogP) is 2.32. The molecule has 1 aromatic rings. The highest BCUT2D eigenvalue weighted by Gasteiger charge is 2.29. The first-order valence-corrected chi connectivity index (χ1v) is 11.5. The third kappa shape index (κ3) is 6.79. The first kappa shape index (κ1) is 23.3. The monoisotopic (exact) mass is 429 g/mol. The fourth-order valence-electron chi connectivity index (χ4n) is 4.52. The number of ether oxygens (including phenoxy) is 1. The van der Waals surface area contributed by atoms with Gasteiger partial charge in [-0.2, -0.15) is 0 Å². The van der Waals surface area contributed by atoms with Crippen molar-refractivity contribution in [2.75, 3.05) is 46.4 Å². The van der Waals surface area contributed by atoms with Crippen LogP contribution in [-0.4, -0.2) is 74.0 Å². The smallest absolute Gasteiger partial charge is 0.253 e. The number of hydrogen-bond acceptors (Lipinski definition) is 4. The summed E-state index contributed by atoms with van der Waals surface area (Å²) in [5.74, 6) is 0.463. The Morgan fingerprint density at radius 1 is 1.00 bits per heavy atom. The molecule has 7 nitrogen and oxygen atoms in total. The van der Waals surface area contributed by atoms with Crippen molar-refractivity contribution in [3.05, 3.63) is 35.9 Å². The summed E-state index contributed by atoms with van der Waals surface area (Å²) in [6.45, 7) is 3.75. The second kappa shape index (κ2) is 11.8. The van der Waals surface area contributed by atoms with Crippen LogP contribution in [0.15, 0.2) is 30.3 Å². The standard InChI is InChI=1S/C24H35N3O4/c1-31-18-19-10-15-27(16-11-19)24(30)21-8-5-14-26(17-12-22(28)25-13-9-21)23(29)20-6-3-2-4-7-20/h2-4,6-7,19,21H,5,8-18H2,1H3,(H,25,28). The predicted molar refractivity (Wildman–Crippen MR) is 118 cm³/mol. The maximum Gasteiger partial charge on any atom is 0.253 e. The van der Waals surface area contributed by atoms with E-state index in [1.54, 1.807) is 24.1 Å². The molecule has 1 aromatic carbocycles. The average molecular weight is 430 g/mol. The fourth-order valence-corrected chi connectivity index (χ4v) is 4.52. The Balaban J connectivity index is 1.61. The molecule has 0 spiro atoms. The van der Waals surface area contributed by atoms with Gasteiger partial charge in [0.15, 0.2) is 0 Å². The van der Waals surface area contributed by atoms with Gasteiger partial charge in [0.25, 0.3) is 5.91 Å². The number of rotatable bonds is 4. The molecule has 170 valence electrons. The number of amides is 3. The van der Waals surface area contributed by atoms with Crippen molar-refractivity contribution < 1.29 is 19.1 Å². The van der Waals surface area contributed by atoms with Gasteiger partial charge in [0.05, 0.1) is 0 Å². The molecule has 2 aliphatic heterocycles. The number of hydrogen-bond donors (Lipinski definition) is 1. The lowest BCUT2D eigenvalue weighted by Gasteiger charge is -2.34. The van der Waals surface area contributed by atoms with Gasteiger partial charge in [0.1, 0.15) is 0 Å². The van der Waals surface area contributed by atoms with Crippen LogP contribution >= 0.6 is 0 Å². The zero-order chi connectivity index (χ0) is 22.1. The molecule has 1 N–H and O–H groups in total. The summed E-state index contributed by atoms with van der Waals surface area (Å²) in [6, 6.07) is 9.17. The molecule has 2 aliphatic rings. The zero-order valence-electron chi connectivity index (χ0n) is 18.6. The quantitative estimate of drug-likeness (QED) is 0.797. The molecule has 0 aromatic heterocycles. The van der Waals surface area contributed by atoms with Crippen LogP contribution in [0.25, 0.3) is 0 Å². The maximum atomic E-state index is 13.2. The van der Waals surface area contributed by atoms with E-state index in [2.05, 4.69) is 5.32 Å². The molecular formula is C24H35N3O4. The molecule has 7 heteroatoms. The Morgan fingerprint density at radius 3 is 2.45 bits per heavy atom. The molecule has 1 atom stereocenters. The van der Waals surface area contributed by atoms with E-state index in [0.717, 1.165) is 45.4 Å². The van der Waals surface area contributed by atoms with Crippen LogP contribution < -0.4 is 5.32 Å². The zero-order valence-corrected chi connectivity index (χ0v) is 18.6. The van der Waals surface area contributed by atoms with Gasteiger partial charge < -0.3 is 19.9 Å². The molecule has 3 amide bonds. The van der Waals surface area contributed by atoms with E-state index in [9.17, 15) is 14.4 Å². The van der Waals surface area contributed by atoms with Gasteiger partial charge in [-0.15, -0.1) is 0 Å². The Bertz CT molecular complexity index is 732. The summed E-state index contributed by atoms with van der Waals surface area (Å²) in [5, 5.41) is 2.93. The Kier molecular flexibility index (Phi) is 8.88. The molecule has 1 unspecified atom stereocenters. The van der Waals surface area contributed by atoms with Gasteiger partial charge in [-0.1, -0.05) is 18.2 Å². The summed E-state index contributed by atoms with van der Waals surface area (Å²) in [6.07, 6.45) is 4.36. The number of benzene rings is 1. The normalized spacial score (nSPS) is 21.8. The SMILES string of the molecule is COCC1CCN(C(=O)C2CCCN(C(=O)c3ccccc3)CCC(=O)NCC2)CC1. The van der Waals surface area contributed by atoms with Crippen LogP contribution in [-0.2, 0) is 14.3 Å². The van der Waals surface area contributed by atoms with Crippen LogP contribution in [0.2, 0.25) is 0 Å². The van der Waals surface area contributed by atoms with Crippen molar-refractivity contribution >= 4 is 17.7 Å². The number of methoxy groups -OCH3 is 1. The molecule has 2 heterocycles. The summed E-state index contributed by atoms with van der Waals surface area (Å²) in [4.78, 5) is 42.1. The van der Waals surface area contributed by atoms with Crippen molar-refractivity contribution in [1.82, 2.24) is 15.1 Å². The summed E-state index contributed by atoms with van der Waals surface area (Å²) >= 11 is 0. The minimum atomic E-state index is -0.119. The van der Waals surface area contributed by atoms with Gasteiger partial charge in [0.2, 0.25) is 11.8 Å². The highest BCUT2D eigenvalue weighted by Crippen LogP contribution is 2.22. The lowest BCUT2D eigenvalue weighted by atomic mass is 9.93. The van der Waals surface area contributed by atoms with E-state index in [4.69, 9.17) is 4.74 Å². The van der Waals surface area contributed by atoms with Crippen LogP contribution in [0.4, 0.5) is 0 Å². The molecule has 0 bridgehead atoms. The molecule has 3 rings (SSSR count). The van der Waals surface area contributed by atoms with Crippen molar-refractivity contribution in [3.8, 4) is 0 Å². The number of carbonyl (C=O) groups excluding carboxylic acids is 3. The number of nitrogens with zero attached hydrogens (tertiary/aromatic N) is 2. The summed E-state index contributed by atoms with van der Waals surface area (Å²) < 4.78 is 5.26. The van der Waals surface area contributed by atoms with E-state index in [0.29, 0.717) is 37.5 Å². The molecular weight excluding hydrogens is 394 g/mol. The number of likely N-dealkylation sites (tertiary alicyclic amines) is 1. The second-order valence-electron chi connectivity index (χ2n) is 8.61. The van der Waals surface area contributed by atoms with Crippen molar-refractivity contribution in [1.29, 1.82) is 0 Å². The molecule has 2 saturated heterocycles. The van der Waals surface area contributed by atoms with Crippen molar-refractivity contribution in [2.24, 2.45) is 11.8 Å². The lowest BCUT2D eigenvalue weighted by molar-refractivity contribution is -0.138. The van der Waals surface area contributed by atoms with Crippen LogP contribution in [0, 0.1) is 11.8 Å². The van der Waals surface area contributed by atoms with E-state index in [1.165, 1.54) is 0 Å². The second-order valence-corrected chi connectivity index (χ2v) is 8.61. The van der Waals surface area contributed by atoms with Crippen LogP contribution in [0.5, 0.6) is 0 Å². The van der Waals surface area contributed by atoms with E-state index in [1.807, 2.05) is 23.1 Å². The Morgan fingerprint density at radius 2 is 1.74 bits per heavy atom. The third-order valence-electron chi connectivity index (χ3n) is 6.39. The Hall–Kier alpha value is -2.41. The number of carbonyl (C=O) groups is 3. The minimum Gasteiger partial charge on any atom is -0.384 e. The minimum absolute atomic E-state index is 0.0595. The van der Waals surface area contributed by atoms with Crippen LogP contribution in [0.1, 0.15) is 48.9 Å². The maximum absolute atomic E-state index is 13.2. The van der Waals surface area contributed by atoms with E-state index in [-0.39, 0.29) is 30.1 Å². The first-order valence-electron chi connectivity index (χ1n) is 11.5. The molecule has 0 saturated carbocycles. The van der Waals surface area contributed by atoms with Gasteiger partial charge in [0, 0.05) is 64.3 Å². The van der Waals surface area contributed by atoms with Gasteiger partial charge in [-0.25, -0.2) is 0 Å². The van der Waals surface area contributed by atoms with Crippen LogP contribution in [0.3, 0.4) is 0 Å². The fraction of sp³-hybridized carbons (Fsp3) is 0.625. The molecule has 0 aliphatic carbocycles. The van der Waals surface area contributed by atoms with E-state index >= 15 is 0 Å². The topological polar surface area (TPSA) is 79.0 Å². The molecule has 2 fully saturated rings. The largest absolute Gasteiger partial charge is 0.384 e.